The van der Waals surface area contributed by atoms with Crippen molar-refractivity contribution < 1.29 is 9.47 Å². The fourth-order valence-corrected chi connectivity index (χ4v) is 4.23. The highest BCUT2D eigenvalue weighted by atomic mass is 35.5. The van der Waals surface area contributed by atoms with E-state index >= 15 is 0 Å². The minimum atomic E-state index is -0.0591. The third-order valence-electron chi connectivity index (χ3n) is 5.63. The second kappa shape index (κ2) is 8.41. The zero-order chi connectivity index (χ0) is 21.4. The summed E-state index contributed by atoms with van der Waals surface area (Å²) in [7, 11) is 1.85. The van der Waals surface area contributed by atoms with Gasteiger partial charge in [0.1, 0.15) is 11.1 Å². The van der Waals surface area contributed by atoms with Crippen LogP contribution in [0.4, 0.5) is 17.5 Å². The summed E-state index contributed by atoms with van der Waals surface area (Å²) in [6.07, 6.45) is 7.82. The molecule has 4 atom stereocenters. The van der Waals surface area contributed by atoms with Crippen LogP contribution < -0.4 is 10.6 Å². The van der Waals surface area contributed by atoms with Gasteiger partial charge in [0.15, 0.2) is 5.82 Å². The van der Waals surface area contributed by atoms with Crippen molar-refractivity contribution in [2.45, 2.75) is 31.6 Å². The van der Waals surface area contributed by atoms with Gasteiger partial charge in [-0.25, -0.2) is 4.98 Å². The third-order valence-corrected chi connectivity index (χ3v) is 5.90. The number of aryl methyl sites for hydroxylation is 2. The molecule has 9 nitrogen and oxygen atoms in total. The number of anilines is 3. The number of pyridine rings is 1. The maximum atomic E-state index is 6.35. The summed E-state index contributed by atoms with van der Waals surface area (Å²) >= 11 is 6.35. The van der Waals surface area contributed by atoms with Gasteiger partial charge >= 0.3 is 0 Å². The van der Waals surface area contributed by atoms with Crippen molar-refractivity contribution in [3.05, 3.63) is 53.2 Å². The monoisotopic (exact) mass is 441 g/mol. The molecule has 162 valence electrons. The first-order valence-corrected chi connectivity index (χ1v) is 10.6. The third kappa shape index (κ3) is 4.34. The van der Waals surface area contributed by atoms with Crippen LogP contribution in [0.2, 0.25) is 5.02 Å². The Kier molecular flexibility index (Phi) is 5.47. The summed E-state index contributed by atoms with van der Waals surface area (Å²) in [6, 6.07) is 4.12. The summed E-state index contributed by atoms with van der Waals surface area (Å²) < 4.78 is 13.9. The van der Waals surface area contributed by atoms with Crippen molar-refractivity contribution in [2.24, 2.45) is 13.0 Å². The van der Waals surface area contributed by atoms with Crippen LogP contribution >= 0.6 is 11.6 Å². The predicted octanol–water partition coefficient (Wildman–Crippen LogP) is 2.75. The van der Waals surface area contributed by atoms with Crippen molar-refractivity contribution in [1.82, 2.24) is 24.7 Å². The summed E-state index contributed by atoms with van der Waals surface area (Å²) in [6.45, 7) is 3.21. The Hall–Kier alpha value is -2.75. The summed E-state index contributed by atoms with van der Waals surface area (Å²) in [5, 5.41) is 11.1. The van der Waals surface area contributed by atoms with E-state index in [0.717, 1.165) is 23.4 Å². The van der Waals surface area contributed by atoms with Crippen molar-refractivity contribution in [2.75, 3.05) is 23.8 Å². The molecule has 0 amide bonds. The van der Waals surface area contributed by atoms with Crippen LogP contribution in [0.1, 0.15) is 11.3 Å². The van der Waals surface area contributed by atoms with Crippen molar-refractivity contribution in [3.63, 3.8) is 0 Å². The lowest BCUT2D eigenvalue weighted by Crippen LogP contribution is -2.35. The van der Waals surface area contributed by atoms with E-state index in [0.29, 0.717) is 30.0 Å². The van der Waals surface area contributed by atoms with E-state index in [2.05, 4.69) is 42.8 Å². The van der Waals surface area contributed by atoms with Gasteiger partial charge < -0.3 is 20.1 Å². The molecule has 2 saturated heterocycles. The number of halogens is 1. The van der Waals surface area contributed by atoms with Crippen LogP contribution in [0.5, 0.6) is 0 Å². The second-order valence-corrected chi connectivity index (χ2v) is 8.46. The van der Waals surface area contributed by atoms with Gasteiger partial charge in [-0.2, -0.15) is 10.1 Å². The van der Waals surface area contributed by atoms with Gasteiger partial charge in [0, 0.05) is 31.1 Å². The number of hydrogen-bond acceptors (Lipinski definition) is 8. The van der Waals surface area contributed by atoms with Gasteiger partial charge in [0.05, 0.1) is 43.4 Å². The van der Waals surface area contributed by atoms with E-state index in [1.165, 1.54) is 0 Å². The molecule has 2 aliphatic rings. The maximum Gasteiger partial charge on any atom is 0.229 e. The smallest absolute Gasteiger partial charge is 0.229 e. The van der Waals surface area contributed by atoms with Crippen LogP contribution in [0.25, 0.3) is 0 Å². The number of nitrogens with one attached hydrogen (secondary N) is 2. The Morgan fingerprint density at radius 1 is 1.13 bits per heavy atom. The van der Waals surface area contributed by atoms with Crippen LogP contribution in [-0.4, -0.2) is 56.2 Å². The first-order chi connectivity index (χ1) is 15.0. The van der Waals surface area contributed by atoms with E-state index in [1.807, 2.05) is 26.4 Å². The number of nitrogens with zero attached hydrogens (tertiary/aromatic N) is 5. The maximum absolute atomic E-state index is 6.35. The molecule has 2 N–H and O–H groups in total. The molecule has 2 aliphatic heterocycles. The van der Waals surface area contributed by atoms with Crippen LogP contribution in [0, 0.1) is 12.8 Å². The van der Waals surface area contributed by atoms with Crippen molar-refractivity contribution >= 4 is 29.1 Å². The summed E-state index contributed by atoms with van der Waals surface area (Å²) in [4.78, 5) is 13.3. The Morgan fingerprint density at radius 3 is 2.77 bits per heavy atom. The minimum Gasteiger partial charge on any atom is -0.373 e. The number of rotatable bonds is 6. The molecule has 0 aliphatic carbocycles. The Balaban J connectivity index is 1.25. The van der Waals surface area contributed by atoms with E-state index in [9.17, 15) is 0 Å². The van der Waals surface area contributed by atoms with Crippen molar-refractivity contribution in [1.29, 1.82) is 0 Å². The lowest BCUT2D eigenvalue weighted by Gasteiger charge is -2.19. The van der Waals surface area contributed by atoms with Gasteiger partial charge in [0.2, 0.25) is 5.95 Å². The Morgan fingerprint density at radius 2 is 2.00 bits per heavy atom. The Labute approximate surface area is 185 Å². The van der Waals surface area contributed by atoms with E-state index < -0.39 is 0 Å². The molecule has 0 radical (unpaired) electrons. The zero-order valence-electron chi connectivity index (χ0n) is 17.3. The SMILES string of the molecule is Cc1ccc(CC2COC3C(Nc4nc(Nc5cnn(C)c5)ncc4Cl)COC23)nc1. The first-order valence-electron chi connectivity index (χ1n) is 10.2. The highest BCUT2D eigenvalue weighted by Crippen LogP contribution is 2.35. The first kappa shape index (κ1) is 20.2. The normalized spacial score (nSPS) is 24.9. The zero-order valence-corrected chi connectivity index (χ0v) is 18.1. The van der Waals surface area contributed by atoms with Gasteiger partial charge in [-0.3, -0.25) is 9.67 Å². The molecule has 0 spiro atoms. The highest BCUT2D eigenvalue weighted by Gasteiger charge is 2.47. The molecule has 5 heterocycles. The van der Waals surface area contributed by atoms with Crippen molar-refractivity contribution in [3.8, 4) is 0 Å². The standard InChI is InChI=1S/C21H24ClN7O2/c1-12-3-4-14(23-6-12)5-13-10-30-19-17(11-31-18(13)19)27-20-16(22)8-24-21(28-20)26-15-7-25-29(2)9-15/h3-4,6-9,13,17-19H,5,10-11H2,1-2H3,(H2,24,26,27,28). The molecule has 3 aromatic heterocycles. The molecular formula is C21H24ClN7O2. The van der Waals surface area contributed by atoms with E-state index in [1.54, 1.807) is 17.1 Å². The minimum absolute atomic E-state index is 0.0224. The topological polar surface area (TPSA) is 99.0 Å². The van der Waals surface area contributed by atoms with Gasteiger partial charge in [-0.05, 0) is 25.0 Å². The summed E-state index contributed by atoms with van der Waals surface area (Å²) in [5.41, 5.74) is 3.02. The largest absolute Gasteiger partial charge is 0.373 e. The lowest BCUT2D eigenvalue weighted by molar-refractivity contribution is 0.0631. The molecule has 10 heteroatoms. The second-order valence-electron chi connectivity index (χ2n) is 8.06. The number of hydrogen-bond donors (Lipinski definition) is 2. The van der Waals surface area contributed by atoms with Gasteiger partial charge in [-0.1, -0.05) is 17.7 Å². The Bertz CT molecular complexity index is 1060. The number of ether oxygens (including phenoxy) is 2. The van der Waals surface area contributed by atoms with Crippen LogP contribution in [-0.2, 0) is 22.9 Å². The van der Waals surface area contributed by atoms with Gasteiger partial charge in [0.25, 0.3) is 0 Å². The lowest BCUT2D eigenvalue weighted by atomic mass is 9.95. The summed E-state index contributed by atoms with van der Waals surface area (Å²) in [5.74, 6) is 1.26. The highest BCUT2D eigenvalue weighted by molar-refractivity contribution is 6.32. The molecular weight excluding hydrogens is 418 g/mol. The average molecular weight is 442 g/mol. The molecule has 0 bridgehead atoms. The van der Waals surface area contributed by atoms with E-state index in [4.69, 9.17) is 21.1 Å². The number of fused-ring (bicyclic) bond motifs is 1. The van der Waals surface area contributed by atoms with Crippen LogP contribution in [0.3, 0.4) is 0 Å². The predicted molar refractivity (Wildman–Crippen MR) is 117 cm³/mol. The molecule has 2 fully saturated rings. The molecule has 3 aromatic rings. The average Bonchev–Trinajstić information content (AvgIpc) is 3.45. The fourth-order valence-electron chi connectivity index (χ4n) is 4.08. The number of aromatic nitrogens is 5. The molecule has 0 aromatic carbocycles. The quantitative estimate of drug-likeness (QED) is 0.602. The van der Waals surface area contributed by atoms with Crippen LogP contribution in [0.15, 0.2) is 36.9 Å². The van der Waals surface area contributed by atoms with E-state index in [-0.39, 0.29) is 24.2 Å². The molecule has 4 unspecified atom stereocenters. The van der Waals surface area contributed by atoms with Gasteiger partial charge in [-0.15, -0.1) is 0 Å². The fraction of sp³-hybridized carbons (Fsp3) is 0.429. The molecule has 0 saturated carbocycles. The molecule has 5 rings (SSSR count). The molecule has 31 heavy (non-hydrogen) atoms.